The molecule has 1 N–H and O–H groups in total. The number of hydrogen-bond acceptors (Lipinski definition) is 3. The highest BCUT2D eigenvalue weighted by atomic mass is 19.4. The molecule has 0 fully saturated rings. The minimum Gasteiger partial charge on any atom is -0.406 e. The Balaban J connectivity index is 1.72. The highest BCUT2D eigenvalue weighted by molar-refractivity contribution is 5.91. The molecule has 0 atom stereocenters. The first-order chi connectivity index (χ1) is 12.3. The molecule has 0 bridgehead atoms. The number of pyridine rings is 1. The van der Waals surface area contributed by atoms with Gasteiger partial charge in [0.15, 0.2) is 5.43 Å². The van der Waals surface area contributed by atoms with E-state index in [1.54, 1.807) is 28.8 Å². The van der Waals surface area contributed by atoms with Gasteiger partial charge in [-0.15, -0.1) is 13.2 Å². The van der Waals surface area contributed by atoms with Crippen LogP contribution >= 0.6 is 0 Å². The molecule has 2 aromatic carbocycles. The zero-order valence-electron chi connectivity index (χ0n) is 13.3. The summed E-state index contributed by atoms with van der Waals surface area (Å²) in [7, 11) is 0. The molecule has 0 radical (unpaired) electrons. The van der Waals surface area contributed by atoms with Gasteiger partial charge in [0.25, 0.3) is 0 Å². The number of carbonyl (C=O) groups excluding carboxylic acids is 1. The van der Waals surface area contributed by atoms with Crippen LogP contribution < -0.4 is 15.5 Å². The number of nitrogens with zero attached hydrogens (tertiary/aromatic N) is 1. The Labute approximate surface area is 145 Å². The SMILES string of the molecule is O=C(Cn1ccc(=O)c2ccccc21)Nc1ccc(OC(F)(F)F)cc1. The van der Waals surface area contributed by atoms with E-state index >= 15 is 0 Å². The smallest absolute Gasteiger partial charge is 0.406 e. The maximum Gasteiger partial charge on any atom is 0.573 e. The summed E-state index contributed by atoms with van der Waals surface area (Å²) in [6, 6.07) is 13.1. The highest BCUT2D eigenvalue weighted by Crippen LogP contribution is 2.24. The van der Waals surface area contributed by atoms with Gasteiger partial charge in [0, 0.05) is 23.3 Å². The van der Waals surface area contributed by atoms with E-state index in [4.69, 9.17) is 0 Å². The summed E-state index contributed by atoms with van der Waals surface area (Å²) in [6.07, 6.45) is -3.25. The van der Waals surface area contributed by atoms with Gasteiger partial charge >= 0.3 is 6.36 Å². The lowest BCUT2D eigenvalue weighted by Crippen LogP contribution is -2.20. The second-order valence-corrected chi connectivity index (χ2v) is 5.45. The van der Waals surface area contributed by atoms with Crippen LogP contribution in [0.1, 0.15) is 0 Å². The molecule has 0 aliphatic carbocycles. The van der Waals surface area contributed by atoms with E-state index in [1.807, 2.05) is 0 Å². The molecule has 5 nitrogen and oxygen atoms in total. The molecule has 3 rings (SSSR count). The monoisotopic (exact) mass is 362 g/mol. The number of carbonyl (C=O) groups is 1. The van der Waals surface area contributed by atoms with Gasteiger partial charge in [-0.25, -0.2) is 0 Å². The Morgan fingerprint density at radius 1 is 1.04 bits per heavy atom. The standard InChI is InChI=1S/C18H13F3N2O3/c19-18(20,21)26-13-7-5-12(6-8-13)22-17(25)11-23-10-9-16(24)14-3-1-2-4-15(14)23/h1-10H,11H2,(H,22,25). The van der Waals surface area contributed by atoms with Crippen molar-refractivity contribution in [2.75, 3.05) is 5.32 Å². The van der Waals surface area contributed by atoms with Crippen molar-refractivity contribution < 1.29 is 22.7 Å². The fraction of sp³-hybridized carbons (Fsp3) is 0.111. The molecular formula is C18H13F3N2O3. The van der Waals surface area contributed by atoms with Crippen LogP contribution in [0.2, 0.25) is 0 Å². The van der Waals surface area contributed by atoms with Gasteiger partial charge < -0.3 is 14.6 Å². The Bertz CT molecular complexity index is 995. The number of fused-ring (bicyclic) bond motifs is 1. The molecular weight excluding hydrogens is 349 g/mol. The lowest BCUT2D eigenvalue weighted by molar-refractivity contribution is -0.274. The summed E-state index contributed by atoms with van der Waals surface area (Å²) >= 11 is 0. The van der Waals surface area contributed by atoms with Crippen LogP contribution in [0.3, 0.4) is 0 Å². The molecule has 1 heterocycles. The van der Waals surface area contributed by atoms with Gasteiger partial charge in [-0.05, 0) is 36.4 Å². The van der Waals surface area contributed by atoms with Gasteiger partial charge in [0.05, 0.1) is 5.52 Å². The number of amides is 1. The van der Waals surface area contributed by atoms with Crippen LogP contribution in [0.4, 0.5) is 18.9 Å². The summed E-state index contributed by atoms with van der Waals surface area (Å²) in [5.74, 6) is -0.759. The van der Waals surface area contributed by atoms with E-state index in [1.165, 1.54) is 24.4 Å². The van der Waals surface area contributed by atoms with E-state index in [2.05, 4.69) is 10.1 Å². The van der Waals surface area contributed by atoms with Crippen LogP contribution in [0.25, 0.3) is 10.9 Å². The van der Waals surface area contributed by atoms with Crippen molar-refractivity contribution in [2.45, 2.75) is 12.9 Å². The first-order valence-electron chi connectivity index (χ1n) is 7.56. The molecule has 0 saturated carbocycles. The number of ether oxygens (including phenoxy) is 1. The molecule has 0 saturated heterocycles. The summed E-state index contributed by atoms with van der Waals surface area (Å²) in [5.41, 5.74) is 0.802. The minimum absolute atomic E-state index is 0.0540. The number of nitrogens with one attached hydrogen (secondary N) is 1. The average Bonchev–Trinajstić information content (AvgIpc) is 2.58. The van der Waals surface area contributed by atoms with Crippen LogP contribution in [-0.2, 0) is 11.3 Å². The third-order valence-electron chi connectivity index (χ3n) is 3.57. The quantitative estimate of drug-likeness (QED) is 0.772. The van der Waals surface area contributed by atoms with Crippen molar-refractivity contribution in [3.05, 3.63) is 71.0 Å². The lowest BCUT2D eigenvalue weighted by atomic mass is 10.2. The third kappa shape index (κ3) is 4.21. The van der Waals surface area contributed by atoms with Crippen molar-refractivity contribution in [1.29, 1.82) is 0 Å². The number of aromatic nitrogens is 1. The molecule has 1 aromatic heterocycles. The third-order valence-corrected chi connectivity index (χ3v) is 3.57. The largest absolute Gasteiger partial charge is 0.573 e. The van der Waals surface area contributed by atoms with Gasteiger partial charge in [-0.2, -0.15) is 0 Å². The molecule has 0 spiro atoms. The van der Waals surface area contributed by atoms with E-state index in [0.717, 1.165) is 12.1 Å². The zero-order chi connectivity index (χ0) is 18.7. The number of rotatable bonds is 4. The highest BCUT2D eigenvalue weighted by Gasteiger charge is 2.30. The molecule has 26 heavy (non-hydrogen) atoms. The van der Waals surface area contributed by atoms with E-state index in [-0.39, 0.29) is 23.6 Å². The summed E-state index contributed by atoms with van der Waals surface area (Å²) in [6.45, 7) is -0.0540. The van der Waals surface area contributed by atoms with Gasteiger partial charge in [0.1, 0.15) is 12.3 Å². The first-order valence-corrected chi connectivity index (χ1v) is 7.56. The Hall–Kier alpha value is -3.29. The summed E-state index contributed by atoms with van der Waals surface area (Å²) in [4.78, 5) is 24.0. The predicted octanol–water partition coefficient (Wildman–Crippen LogP) is 3.54. The van der Waals surface area contributed by atoms with Crippen molar-refractivity contribution >= 4 is 22.5 Å². The van der Waals surface area contributed by atoms with Crippen LogP contribution in [-0.4, -0.2) is 16.8 Å². The number of hydrogen-bond donors (Lipinski definition) is 1. The second-order valence-electron chi connectivity index (χ2n) is 5.45. The Morgan fingerprint density at radius 2 is 1.73 bits per heavy atom. The van der Waals surface area contributed by atoms with Gasteiger partial charge in [-0.3, -0.25) is 9.59 Å². The van der Waals surface area contributed by atoms with Crippen molar-refractivity contribution in [2.24, 2.45) is 0 Å². The topological polar surface area (TPSA) is 60.3 Å². The van der Waals surface area contributed by atoms with Gasteiger partial charge in [0.2, 0.25) is 5.91 Å². The van der Waals surface area contributed by atoms with E-state index in [9.17, 15) is 22.8 Å². The number of alkyl halides is 3. The maximum atomic E-state index is 12.2. The first kappa shape index (κ1) is 17.5. The molecule has 3 aromatic rings. The predicted molar refractivity (Wildman–Crippen MR) is 90.0 cm³/mol. The number of halogens is 3. The fourth-order valence-corrected chi connectivity index (χ4v) is 2.49. The lowest BCUT2D eigenvalue weighted by Gasteiger charge is -2.12. The molecule has 1 amide bonds. The summed E-state index contributed by atoms with van der Waals surface area (Å²) < 4.78 is 41.8. The van der Waals surface area contributed by atoms with Crippen molar-refractivity contribution in [3.63, 3.8) is 0 Å². The van der Waals surface area contributed by atoms with Crippen LogP contribution in [0.15, 0.2) is 65.6 Å². The number of benzene rings is 2. The Morgan fingerprint density at radius 3 is 2.42 bits per heavy atom. The second kappa shape index (κ2) is 6.91. The number of anilines is 1. The molecule has 8 heteroatoms. The molecule has 0 unspecified atom stereocenters. The fourth-order valence-electron chi connectivity index (χ4n) is 2.49. The van der Waals surface area contributed by atoms with Crippen molar-refractivity contribution in [1.82, 2.24) is 4.57 Å². The van der Waals surface area contributed by atoms with Crippen molar-refractivity contribution in [3.8, 4) is 5.75 Å². The van der Waals surface area contributed by atoms with E-state index in [0.29, 0.717) is 16.6 Å². The Kier molecular flexibility index (Phi) is 4.66. The molecule has 0 aliphatic heterocycles. The normalized spacial score (nSPS) is 11.3. The minimum atomic E-state index is -4.77. The zero-order valence-corrected chi connectivity index (χ0v) is 13.3. The van der Waals surface area contributed by atoms with Gasteiger partial charge in [-0.1, -0.05) is 12.1 Å². The molecule has 0 aliphatic rings. The van der Waals surface area contributed by atoms with Crippen LogP contribution in [0.5, 0.6) is 5.75 Å². The van der Waals surface area contributed by atoms with Crippen LogP contribution in [0, 0.1) is 0 Å². The summed E-state index contributed by atoms with van der Waals surface area (Å²) in [5, 5.41) is 3.08. The van der Waals surface area contributed by atoms with E-state index < -0.39 is 6.36 Å². The number of para-hydroxylation sites is 1. The average molecular weight is 362 g/mol. The molecule has 134 valence electrons. The maximum absolute atomic E-state index is 12.2.